The molecular formula is C20H15F2N3. The number of pyridine rings is 1. The quantitative estimate of drug-likeness (QED) is 0.734. The third-order valence-electron chi connectivity index (χ3n) is 4.05. The minimum atomic E-state index is -0.982. The van der Waals surface area contributed by atoms with Crippen LogP contribution in [0.1, 0.15) is 16.7 Å². The van der Waals surface area contributed by atoms with E-state index in [1.807, 2.05) is 38.1 Å². The summed E-state index contributed by atoms with van der Waals surface area (Å²) in [6.07, 6.45) is 0. The maximum absolute atomic E-state index is 13.6. The van der Waals surface area contributed by atoms with Gasteiger partial charge in [0.2, 0.25) is 0 Å². The molecule has 0 spiro atoms. The molecule has 0 radical (unpaired) electrons. The highest BCUT2D eigenvalue weighted by Gasteiger charge is 2.15. The van der Waals surface area contributed by atoms with E-state index in [0.717, 1.165) is 28.8 Å². The summed E-state index contributed by atoms with van der Waals surface area (Å²) in [4.78, 5) is 4.32. The predicted molar refractivity (Wildman–Crippen MR) is 93.6 cm³/mol. The van der Waals surface area contributed by atoms with Crippen LogP contribution in [0, 0.1) is 36.8 Å². The molecule has 3 aromatic rings. The second-order valence-electron chi connectivity index (χ2n) is 5.87. The molecule has 124 valence electrons. The van der Waals surface area contributed by atoms with Gasteiger partial charge in [-0.1, -0.05) is 29.8 Å². The van der Waals surface area contributed by atoms with E-state index < -0.39 is 11.6 Å². The Hall–Kier alpha value is -3.26. The molecule has 0 aliphatic rings. The van der Waals surface area contributed by atoms with Crippen molar-refractivity contribution in [3.63, 3.8) is 0 Å². The predicted octanol–water partition coefficient (Wildman–Crippen LogP) is 4.76. The number of hydrogen-bond acceptors (Lipinski definition) is 3. The molecule has 0 saturated heterocycles. The third kappa shape index (κ3) is 3.07. The first kappa shape index (κ1) is 16.6. The number of aromatic nitrogens is 1. The van der Waals surface area contributed by atoms with E-state index in [9.17, 15) is 14.0 Å². The molecule has 3 rings (SSSR count). The Morgan fingerprint density at radius 2 is 1.72 bits per heavy atom. The zero-order valence-electron chi connectivity index (χ0n) is 13.8. The minimum absolute atomic E-state index is 0.0553. The molecule has 0 saturated carbocycles. The van der Waals surface area contributed by atoms with E-state index >= 15 is 0 Å². The largest absolute Gasteiger partial charge is 0.383 e. The molecular weight excluding hydrogens is 320 g/mol. The standard InChI is InChI=1S/C20H15F2N3/c1-11-3-5-14(12(2)7-11)19-9-15(16(10-23)20(24)25-19)13-4-6-17(21)18(22)8-13/h3-9H,1-2H3,(H2,24,25). The summed E-state index contributed by atoms with van der Waals surface area (Å²) in [7, 11) is 0. The number of hydrogen-bond donors (Lipinski definition) is 1. The van der Waals surface area contributed by atoms with E-state index in [2.05, 4.69) is 4.98 Å². The number of rotatable bonds is 2. The van der Waals surface area contributed by atoms with Crippen molar-refractivity contribution < 1.29 is 8.78 Å². The van der Waals surface area contributed by atoms with Gasteiger partial charge in [-0.25, -0.2) is 13.8 Å². The summed E-state index contributed by atoms with van der Waals surface area (Å²) in [5.74, 6) is -1.87. The number of nitrogens with two attached hydrogens (primary N) is 1. The number of aryl methyl sites for hydroxylation is 2. The van der Waals surface area contributed by atoms with Crippen LogP contribution in [0.3, 0.4) is 0 Å². The second-order valence-corrected chi connectivity index (χ2v) is 5.87. The average molecular weight is 335 g/mol. The van der Waals surface area contributed by atoms with Crippen LogP contribution >= 0.6 is 0 Å². The second kappa shape index (κ2) is 6.33. The fraction of sp³-hybridized carbons (Fsp3) is 0.100. The number of halogens is 2. The maximum Gasteiger partial charge on any atom is 0.159 e. The first-order chi connectivity index (χ1) is 11.9. The Kier molecular flexibility index (Phi) is 4.20. The van der Waals surface area contributed by atoms with E-state index in [4.69, 9.17) is 5.73 Å². The summed E-state index contributed by atoms with van der Waals surface area (Å²) >= 11 is 0. The number of nitrogen functional groups attached to an aromatic ring is 1. The van der Waals surface area contributed by atoms with E-state index in [1.165, 1.54) is 6.07 Å². The molecule has 5 heteroatoms. The van der Waals surface area contributed by atoms with Crippen LogP contribution in [-0.2, 0) is 0 Å². The van der Waals surface area contributed by atoms with Gasteiger partial charge in [-0.2, -0.15) is 5.26 Å². The van der Waals surface area contributed by atoms with Crippen molar-refractivity contribution in [3.8, 4) is 28.5 Å². The first-order valence-corrected chi connectivity index (χ1v) is 7.64. The zero-order chi connectivity index (χ0) is 18.1. The zero-order valence-corrected chi connectivity index (χ0v) is 13.8. The van der Waals surface area contributed by atoms with Gasteiger partial charge in [0, 0.05) is 11.1 Å². The van der Waals surface area contributed by atoms with E-state index in [0.29, 0.717) is 16.8 Å². The lowest BCUT2D eigenvalue weighted by Gasteiger charge is -2.12. The van der Waals surface area contributed by atoms with E-state index in [1.54, 1.807) is 6.07 Å². The van der Waals surface area contributed by atoms with Crippen molar-refractivity contribution in [2.45, 2.75) is 13.8 Å². The third-order valence-corrected chi connectivity index (χ3v) is 4.05. The van der Waals surface area contributed by atoms with Crippen molar-refractivity contribution >= 4 is 5.82 Å². The molecule has 0 atom stereocenters. The molecule has 0 fully saturated rings. The van der Waals surface area contributed by atoms with Crippen LogP contribution < -0.4 is 5.73 Å². The molecule has 3 nitrogen and oxygen atoms in total. The van der Waals surface area contributed by atoms with Crippen LogP contribution in [0.2, 0.25) is 0 Å². The molecule has 25 heavy (non-hydrogen) atoms. The van der Waals surface area contributed by atoms with Crippen LogP contribution in [0.15, 0.2) is 42.5 Å². The van der Waals surface area contributed by atoms with Gasteiger partial charge in [0.1, 0.15) is 17.5 Å². The number of nitrogens with zero attached hydrogens (tertiary/aromatic N) is 2. The summed E-state index contributed by atoms with van der Waals surface area (Å²) in [6, 6.07) is 13.1. The first-order valence-electron chi connectivity index (χ1n) is 7.64. The fourth-order valence-electron chi connectivity index (χ4n) is 2.81. The van der Waals surface area contributed by atoms with Gasteiger partial charge in [0.25, 0.3) is 0 Å². The van der Waals surface area contributed by atoms with Crippen LogP contribution in [-0.4, -0.2) is 4.98 Å². The minimum Gasteiger partial charge on any atom is -0.383 e. The Morgan fingerprint density at radius 1 is 0.960 bits per heavy atom. The summed E-state index contributed by atoms with van der Waals surface area (Å²) in [5.41, 5.74) is 10.4. The molecule has 2 N–H and O–H groups in total. The Morgan fingerprint density at radius 3 is 2.36 bits per heavy atom. The van der Waals surface area contributed by atoms with Gasteiger partial charge < -0.3 is 5.73 Å². The Bertz CT molecular complexity index is 1020. The molecule has 0 unspecified atom stereocenters. The van der Waals surface area contributed by atoms with Gasteiger partial charge in [-0.3, -0.25) is 0 Å². The van der Waals surface area contributed by atoms with Crippen LogP contribution in [0.4, 0.5) is 14.6 Å². The lowest BCUT2D eigenvalue weighted by atomic mass is 9.96. The smallest absolute Gasteiger partial charge is 0.159 e. The monoisotopic (exact) mass is 335 g/mol. The van der Waals surface area contributed by atoms with E-state index in [-0.39, 0.29) is 11.4 Å². The molecule has 1 heterocycles. The average Bonchev–Trinajstić information content (AvgIpc) is 2.56. The summed E-state index contributed by atoms with van der Waals surface area (Å²) in [5, 5.41) is 9.40. The van der Waals surface area contributed by atoms with Crippen molar-refractivity contribution in [1.82, 2.24) is 4.98 Å². The van der Waals surface area contributed by atoms with Gasteiger partial charge >= 0.3 is 0 Å². The molecule has 1 aromatic heterocycles. The number of anilines is 1. The van der Waals surface area contributed by atoms with Gasteiger partial charge in [-0.05, 0) is 43.2 Å². The topological polar surface area (TPSA) is 62.7 Å². The van der Waals surface area contributed by atoms with Crippen LogP contribution in [0.5, 0.6) is 0 Å². The van der Waals surface area contributed by atoms with Gasteiger partial charge in [-0.15, -0.1) is 0 Å². The number of nitriles is 1. The normalized spacial score (nSPS) is 10.5. The molecule has 0 bridgehead atoms. The van der Waals surface area contributed by atoms with Gasteiger partial charge in [0.05, 0.1) is 5.69 Å². The summed E-state index contributed by atoms with van der Waals surface area (Å²) in [6.45, 7) is 3.94. The molecule has 0 amide bonds. The lowest BCUT2D eigenvalue weighted by molar-refractivity contribution is 0.509. The van der Waals surface area contributed by atoms with Crippen molar-refractivity contribution in [1.29, 1.82) is 5.26 Å². The molecule has 2 aromatic carbocycles. The maximum atomic E-state index is 13.6. The highest BCUT2D eigenvalue weighted by Crippen LogP contribution is 2.33. The van der Waals surface area contributed by atoms with Crippen LogP contribution in [0.25, 0.3) is 22.4 Å². The van der Waals surface area contributed by atoms with Crippen molar-refractivity contribution in [2.24, 2.45) is 0 Å². The molecule has 0 aliphatic heterocycles. The summed E-state index contributed by atoms with van der Waals surface area (Å²) < 4.78 is 26.9. The SMILES string of the molecule is Cc1ccc(-c2cc(-c3ccc(F)c(F)c3)c(C#N)c(N)n2)c(C)c1. The highest BCUT2D eigenvalue weighted by molar-refractivity contribution is 5.80. The van der Waals surface area contributed by atoms with Gasteiger partial charge in [0.15, 0.2) is 11.6 Å². The lowest BCUT2D eigenvalue weighted by Crippen LogP contribution is -2.01. The number of benzene rings is 2. The highest BCUT2D eigenvalue weighted by atomic mass is 19.2. The Labute approximate surface area is 144 Å². The fourth-order valence-corrected chi connectivity index (χ4v) is 2.81. The van der Waals surface area contributed by atoms with Crippen molar-refractivity contribution in [2.75, 3.05) is 5.73 Å². The molecule has 0 aliphatic carbocycles. The Balaban J connectivity index is 2.26. The van der Waals surface area contributed by atoms with Crippen molar-refractivity contribution in [3.05, 3.63) is 70.8 Å².